The highest BCUT2D eigenvalue weighted by atomic mass is 19.3. The summed E-state index contributed by atoms with van der Waals surface area (Å²) < 4.78 is 29.7. The maximum Gasteiger partial charge on any atom is 0.387 e. The number of halogens is 2. The number of hydrogen-bond acceptors (Lipinski definition) is 8. The zero-order valence-electron chi connectivity index (χ0n) is 15.3. The summed E-state index contributed by atoms with van der Waals surface area (Å²) in [5.74, 6) is 1.27. The van der Waals surface area contributed by atoms with Crippen LogP contribution in [0.15, 0.2) is 18.3 Å². The number of anilines is 3. The summed E-state index contributed by atoms with van der Waals surface area (Å²) in [7, 11) is 0. The number of nitrogens with two attached hydrogens (primary N) is 1. The van der Waals surface area contributed by atoms with Gasteiger partial charge in [0.15, 0.2) is 11.6 Å². The summed E-state index contributed by atoms with van der Waals surface area (Å²) in [6.45, 7) is 0.414. The van der Waals surface area contributed by atoms with Crippen LogP contribution < -0.4 is 20.3 Å². The molecule has 1 unspecified atom stereocenters. The largest absolute Gasteiger partial charge is 0.431 e. The molecule has 10 heteroatoms. The molecule has 0 aromatic carbocycles. The summed E-state index contributed by atoms with van der Waals surface area (Å²) in [4.78, 5) is 17.4. The molecule has 4 rings (SSSR count). The minimum Gasteiger partial charge on any atom is -0.431 e. The minimum absolute atomic E-state index is 0.105. The first kappa shape index (κ1) is 18.6. The van der Waals surface area contributed by atoms with E-state index in [-0.39, 0.29) is 24.1 Å². The van der Waals surface area contributed by atoms with Crippen molar-refractivity contribution >= 4 is 17.6 Å². The molecule has 2 aromatic heterocycles. The number of aromatic nitrogens is 3. The van der Waals surface area contributed by atoms with E-state index >= 15 is 0 Å². The molecule has 0 aliphatic carbocycles. The Morgan fingerprint density at radius 2 is 2.04 bits per heavy atom. The third kappa shape index (κ3) is 3.77. The van der Waals surface area contributed by atoms with Crippen LogP contribution in [0.4, 0.5) is 26.4 Å². The lowest BCUT2D eigenvalue weighted by atomic mass is 10.1. The molecular weight excluding hydrogens is 370 g/mol. The van der Waals surface area contributed by atoms with Crippen molar-refractivity contribution in [1.82, 2.24) is 15.0 Å². The van der Waals surface area contributed by atoms with Crippen molar-refractivity contribution in [3.05, 3.63) is 18.3 Å². The standard InChI is InChI=1S/C18H22F2N6O2/c19-17(20)28-14-6-12(8-22-16(14)21)13-7-15(26-5-2-11(9-26)10-27)24-18(23-13)25-3-1-4-25/h6-8,11,17,27H,1-5,9-10H2,(H2,21,22). The third-order valence-electron chi connectivity index (χ3n) is 5.10. The molecule has 1 atom stereocenters. The molecule has 2 aliphatic heterocycles. The topological polar surface area (TPSA) is 101 Å². The van der Waals surface area contributed by atoms with Gasteiger partial charge in [0.1, 0.15) is 5.82 Å². The number of hydrogen-bond donors (Lipinski definition) is 2. The second-order valence-electron chi connectivity index (χ2n) is 7.02. The Morgan fingerprint density at radius 3 is 2.68 bits per heavy atom. The minimum atomic E-state index is -2.99. The van der Waals surface area contributed by atoms with Crippen molar-refractivity contribution in [3.8, 4) is 17.0 Å². The number of alkyl halides is 2. The van der Waals surface area contributed by atoms with Gasteiger partial charge in [-0.1, -0.05) is 0 Å². The molecule has 3 N–H and O–H groups in total. The van der Waals surface area contributed by atoms with Crippen molar-refractivity contribution in [1.29, 1.82) is 0 Å². The molecule has 0 bridgehead atoms. The van der Waals surface area contributed by atoms with Gasteiger partial charge in [-0.3, -0.25) is 0 Å². The van der Waals surface area contributed by atoms with Gasteiger partial charge in [0.25, 0.3) is 0 Å². The Morgan fingerprint density at radius 1 is 1.21 bits per heavy atom. The van der Waals surface area contributed by atoms with E-state index in [0.717, 1.165) is 38.3 Å². The fraction of sp³-hybridized carbons (Fsp3) is 0.500. The average Bonchev–Trinajstić information content (AvgIpc) is 3.11. The number of aliphatic hydroxyl groups is 1. The van der Waals surface area contributed by atoms with Crippen LogP contribution in [0.5, 0.6) is 5.75 Å². The van der Waals surface area contributed by atoms with Crippen molar-refractivity contribution < 1.29 is 18.6 Å². The van der Waals surface area contributed by atoms with Crippen LogP contribution in [-0.2, 0) is 0 Å². The zero-order chi connectivity index (χ0) is 19.7. The van der Waals surface area contributed by atoms with Crippen LogP contribution in [0.25, 0.3) is 11.3 Å². The van der Waals surface area contributed by atoms with Crippen molar-refractivity contribution in [3.63, 3.8) is 0 Å². The Hall–Kier alpha value is -2.75. The maximum atomic E-state index is 12.6. The van der Waals surface area contributed by atoms with Crippen molar-refractivity contribution in [2.75, 3.05) is 48.3 Å². The van der Waals surface area contributed by atoms with Crippen LogP contribution in [-0.4, -0.2) is 59.5 Å². The Balaban J connectivity index is 1.71. The highest BCUT2D eigenvalue weighted by Crippen LogP contribution is 2.32. The normalized spacial score (nSPS) is 19.2. The summed E-state index contributed by atoms with van der Waals surface area (Å²) >= 11 is 0. The van der Waals surface area contributed by atoms with Gasteiger partial charge in [0, 0.05) is 56.5 Å². The molecule has 2 aliphatic rings. The smallest absolute Gasteiger partial charge is 0.387 e. The Bertz CT molecular complexity index is 849. The van der Waals surface area contributed by atoms with Gasteiger partial charge >= 0.3 is 6.61 Å². The second kappa shape index (κ2) is 7.70. The van der Waals surface area contributed by atoms with E-state index in [0.29, 0.717) is 23.8 Å². The lowest BCUT2D eigenvalue weighted by Crippen LogP contribution is -2.38. The van der Waals surface area contributed by atoms with E-state index in [1.807, 2.05) is 6.07 Å². The number of rotatable bonds is 6. The van der Waals surface area contributed by atoms with Gasteiger partial charge in [-0.2, -0.15) is 13.8 Å². The summed E-state index contributed by atoms with van der Waals surface area (Å²) in [5, 5.41) is 9.42. The van der Waals surface area contributed by atoms with Crippen LogP contribution in [0.2, 0.25) is 0 Å². The van der Waals surface area contributed by atoms with Gasteiger partial charge in [0.05, 0.1) is 5.69 Å². The van der Waals surface area contributed by atoms with Crippen LogP contribution in [0, 0.1) is 5.92 Å². The lowest BCUT2D eigenvalue weighted by Gasteiger charge is -2.32. The zero-order valence-corrected chi connectivity index (χ0v) is 15.3. The molecule has 2 fully saturated rings. The van der Waals surface area contributed by atoms with Crippen molar-refractivity contribution in [2.24, 2.45) is 5.92 Å². The fourth-order valence-electron chi connectivity index (χ4n) is 3.36. The maximum absolute atomic E-state index is 12.6. The molecule has 0 radical (unpaired) electrons. The van der Waals surface area contributed by atoms with E-state index in [2.05, 4.69) is 29.5 Å². The van der Waals surface area contributed by atoms with Gasteiger partial charge in [-0.25, -0.2) is 9.97 Å². The van der Waals surface area contributed by atoms with Gasteiger partial charge in [-0.15, -0.1) is 0 Å². The SMILES string of the molecule is Nc1ncc(-c2cc(N3CCC(CO)C3)nc(N3CCC3)n2)cc1OC(F)F. The monoisotopic (exact) mass is 392 g/mol. The highest BCUT2D eigenvalue weighted by Gasteiger charge is 2.26. The average molecular weight is 392 g/mol. The summed E-state index contributed by atoms with van der Waals surface area (Å²) in [6, 6.07) is 3.23. The third-order valence-corrected chi connectivity index (χ3v) is 5.10. The van der Waals surface area contributed by atoms with Gasteiger partial charge in [0.2, 0.25) is 5.95 Å². The number of nitrogens with zero attached hydrogens (tertiary/aromatic N) is 5. The first-order valence-corrected chi connectivity index (χ1v) is 9.24. The van der Waals surface area contributed by atoms with E-state index in [9.17, 15) is 13.9 Å². The van der Waals surface area contributed by atoms with E-state index < -0.39 is 6.61 Å². The van der Waals surface area contributed by atoms with Crippen LogP contribution in [0.1, 0.15) is 12.8 Å². The van der Waals surface area contributed by atoms with Crippen molar-refractivity contribution in [2.45, 2.75) is 19.5 Å². The van der Waals surface area contributed by atoms with Crippen LogP contribution in [0.3, 0.4) is 0 Å². The number of nitrogen functional groups attached to an aromatic ring is 1. The molecular formula is C18H22F2N6O2. The molecule has 0 spiro atoms. The van der Waals surface area contributed by atoms with E-state index in [1.54, 1.807) is 0 Å². The molecule has 0 amide bonds. The summed E-state index contributed by atoms with van der Waals surface area (Å²) in [6.07, 6.45) is 3.46. The molecule has 150 valence electrons. The molecule has 4 heterocycles. The number of pyridine rings is 1. The molecule has 28 heavy (non-hydrogen) atoms. The predicted octanol–water partition coefficient (Wildman–Crippen LogP) is 1.75. The molecule has 2 aromatic rings. The molecule has 0 saturated carbocycles. The Labute approximate surface area is 161 Å². The Kier molecular flexibility index (Phi) is 5.12. The van der Waals surface area contributed by atoms with Crippen LogP contribution >= 0.6 is 0 Å². The lowest BCUT2D eigenvalue weighted by molar-refractivity contribution is -0.0494. The second-order valence-corrected chi connectivity index (χ2v) is 7.02. The molecule has 8 nitrogen and oxygen atoms in total. The number of aliphatic hydroxyl groups excluding tert-OH is 1. The molecule has 2 saturated heterocycles. The van der Waals surface area contributed by atoms with E-state index in [4.69, 9.17) is 5.73 Å². The predicted molar refractivity (Wildman–Crippen MR) is 101 cm³/mol. The fourth-order valence-corrected chi connectivity index (χ4v) is 3.36. The highest BCUT2D eigenvalue weighted by molar-refractivity contribution is 5.68. The van der Waals surface area contributed by atoms with Gasteiger partial charge in [-0.05, 0) is 18.9 Å². The van der Waals surface area contributed by atoms with Gasteiger partial charge < -0.3 is 25.4 Å². The summed E-state index contributed by atoms with van der Waals surface area (Å²) in [5.41, 5.74) is 6.72. The first-order valence-electron chi connectivity index (χ1n) is 9.24. The number of ether oxygens (including phenoxy) is 1. The van der Waals surface area contributed by atoms with E-state index in [1.165, 1.54) is 12.3 Å². The quantitative estimate of drug-likeness (QED) is 0.767. The first-order chi connectivity index (χ1) is 13.5.